The van der Waals surface area contributed by atoms with Crippen molar-refractivity contribution in [3.8, 4) is 0 Å². The molecule has 0 aromatic carbocycles. The van der Waals surface area contributed by atoms with Crippen LogP contribution in [-0.2, 0) is 8.85 Å². The van der Waals surface area contributed by atoms with Crippen LogP contribution in [0.25, 0.3) is 0 Å². The average Bonchev–Trinajstić information content (AvgIpc) is 2.45. The first-order valence-corrected chi connectivity index (χ1v) is 11.9. The van der Waals surface area contributed by atoms with Gasteiger partial charge in [-0.15, -0.1) is 0 Å². The quantitative estimate of drug-likeness (QED) is 0.203. The molecule has 2 nitrogen and oxygen atoms in total. The first kappa shape index (κ1) is 20.9. The summed E-state index contributed by atoms with van der Waals surface area (Å²) >= 11 is 0. The van der Waals surface area contributed by atoms with Gasteiger partial charge in [-0.1, -0.05) is 58.1 Å². The summed E-state index contributed by atoms with van der Waals surface area (Å²) in [6, 6.07) is 0. The summed E-state index contributed by atoms with van der Waals surface area (Å²) in [5.74, 6) is 0. The van der Waals surface area contributed by atoms with Crippen LogP contribution < -0.4 is 0 Å². The van der Waals surface area contributed by atoms with Gasteiger partial charge < -0.3 is 8.85 Å². The fourth-order valence-electron chi connectivity index (χ4n) is 2.16. The van der Waals surface area contributed by atoms with E-state index in [-0.39, 0.29) is 0 Å². The second-order valence-corrected chi connectivity index (χ2v) is 9.64. The molecule has 0 saturated carbocycles. The molecule has 0 fully saturated rings. The zero-order valence-corrected chi connectivity index (χ0v) is 16.0. The fourth-order valence-corrected chi connectivity index (χ4v) is 3.51. The summed E-state index contributed by atoms with van der Waals surface area (Å²) in [5.41, 5.74) is 0. The van der Waals surface area contributed by atoms with Gasteiger partial charge in [0.15, 0.2) is 0 Å². The fraction of sp³-hybridized carbons (Fsp3) is 0.889. The summed E-state index contributed by atoms with van der Waals surface area (Å²) < 4.78 is 11.9. The molecule has 21 heavy (non-hydrogen) atoms. The molecule has 126 valence electrons. The van der Waals surface area contributed by atoms with E-state index in [2.05, 4.69) is 39.1 Å². The van der Waals surface area contributed by atoms with E-state index < -0.39 is 8.56 Å². The lowest BCUT2D eigenvalue weighted by Crippen LogP contribution is -2.35. The summed E-state index contributed by atoms with van der Waals surface area (Å²) in [6.45, 7) is 10.5. The molecule has 0 unspecified atom stereocenters. The second-order valence-electron chi connectivity index (χ2n) is 6.27. The molecular formula is C18H38O2Si. The lowest BCUT2D eigenvalue weighted by molar-refractivity contribution is 0.174. The highest BCUT2D eigenvalue weighted by Gasteiger charge is 2.23. The Kier molecular flexibility index (Phi) is 14.7. The van der Waals surface area contributed by atoms with Crippen LogP contribution in [0.4, 0.5) is 0 Å². The molecule has 0 aliphatic heterocycles. The number of unbranched alkanes of at least 4 members (excludes halogenated alkanes) is 7. The molecule has 3 heteroatoms. The van der Waals surface area contributed by atoms with E-state index in [0.29, 0.717) is 0 Å². The maximum absolute atomic E-state index is 5.96. The first-order valence-electron chi connectivity index (χ1n) is 9.05. The maximum Gasteiger partial charge on any atom is 0.331 e. The largest absolute Gasteiger partial charge is 0.395 e. The summed E-state index contributed by atoms with van der Waals surface area (Å²) in [6.07, 6.45) is 17.1. The third-order valence-corrected chi connectivity index (χ3v) is 5.35. The van der Waals surface area contributed by atoms with Gasteiger partial charge >= 0.3 is 8.56 Å². The van der Waals surface area contributed by atoms with Gasteiger partial charge in [0.25, 0.3) is 0 Å². The van der Waals surface area contributed by atoms with Crippen LogP contribution >= 0.6 is 0 Å². The minimum Gasteiger partial charge on any atom is -0.395 e. The molecule has 0 aromatic rings. The third-order valence-electron chi connectivity index (χ3n) is 3.55. The van der Waals surface area contributed by atoms with Crippen molar-refractivity contribution in [1.29, 1.82) is 0 Å². The van der Waals surface area contributed by atoms with Crippen molar-refractivity contribution >= 4 is 8.56 Å². The van der Waals surface area contributed by atoms with E-state index in [1.54, 1.807) is 0 Å². The normalized spacial score (nSPS) is 12.4. The van der Waals surface area contributed by atoms with Crippen LogP contribution in [0.15, 0.2) is 12.2 Å². The van der Waals surface area contributed by atoms with Crippen molar-refractivity contribution in [3.05, 3.63) is 12.2 Å². The highest BCUT2D eigenvalue weighted by atomic mass is 28.4. The lowest BCUT2D eigenvalue weighted by atomic mass is 10.2. The Morgan fingerprint density at radius 2 is 1.19 bits per heavy atom. The van der Waals surface area contributed by atoms with Crippen LogP contribution in [0, 0.1) is 0 Å². The molecule has 0 bridgehead atoms. The molecule has 0 N–H and O–H groups in total. The Morgan fingerprint density at radius 1 is 0.667 bits per heavy atom. The molecule has 0 radical (unpaired) electrons. The van der Waals surface area contributed by atoms with Crippen LogP contribution in [0.1, 0.15) is 78.1 Å². The van der Waals surface area contributed by atoms with Gasteiger partial charge in [0, 0.05) is 13.2 Å². The monoisotopic (exact) mass is 314 g/mol. The summed E-state index contributed by atoms with van der Waals surface area (Å²) in [7, 11) is -1.87. The molecule has 0 saturated heterocycles. The molecule has 0 aliphatic carbocycles. The zero-order valence-electron chi connectivity index (χ0n) is 15.0. The molecule has 0 atom stereocenters. The van der Waals surface area contributed by atoms with Gasteiger partial charge in [0.1, 0.15) is 0 Å². The highest BCUT2D eigenvalue weighted by Crippen LogP contribution is 2.10. The minimum absolute atomic E-state index is 0.841. The van der Waals surface area contributed by atoms with Gasteiger partial charge in [0.05, 0.1) is 0 Å². The Balaban J connectivity index is 3.43. The van der Waals surface area contributed by atoms with Gasteiger partial charge in [-0.2, -0.15) is 0 Å². The Hall–Kier alpha value is -0.123. The molecular weight excluding hydrogens is 276 g/mol. The third kappa shape index (κ3) is 16.1. The Labute approximate surface area is 134 Å². The summed E-state index contributed by atoms with van der Waals surface area (Å²) in [5, 5.41) is 0. The topological polar surface area (TPSA) is 18.5 Å². The maximum atomic E-state index is 5.96. The predicted octanol–water partition coefficient (Wildman–Crippen LogP) is 6.22. The van der Waals surface area contributed by atoms with E-state index in [1.165, 1.54) is 51.4 Å². The van der Waals surface area contributed by atoms with Crippen molar-refractivity contribution in [2.45, 2.75) is 91.1 Å². The zero-order chi connectivity index (χ0) is 15.8. The molecule has 0 spiro atoms. The van der Waals surface area contributed by atoms with Gasteiger partial charge in [-0.3, -0.25) is 0 Å². The lowest BCUT2D eigenvalue weighted by Gasteiger charge is -2.22. The van der Waals surface area contributed by atoms with Crippen molar-refractivity contribution in [1.82, 2.24) is 0 Å². The number of rotatable bonds is 15. The molecule has 0 rings (SSSR count). The molecule has 0 amide bonds. The molecule has 0 aromatic heterocycles. The Morgan fingerprint density at radius 3 is 1.81 bits per heavy atom. The van der Waals surface area contributed by atoms with E-state index in [9.17, 15) is 0 Å². The molecule has 0 aliphatic rings. The average molecular weight is 315 g/mol. The van der Waals surface area contributed by atoms with E-state index in [4.69, 9.17) is 8.85 Å². The van der Waals surface area contributed by atoms with Gasteiger partial charge in [0.2, 0.25) is 0 Å². The highest BCUT2D eigenvalue weighted by molar-refractivity contribution is 6.64. The van der Waals surface area contributed by atoms with E-state index in [0.717, 1.165) is 26.1 Å². The molecule has 0 heterocycles. The predicted molar refractivity (Wildman–Crippen MR) is 96.0 cm³/mol. The number of hydrogen-bond acceptors (Lipinski definition) is 2. The van der Waals surface area contributed by atoms with E-state index >= 15 is 0 Å². The number of allylic oxidation sites excluding steroid dienone is 2. The van der Waals surface area contributed by atoms with Crippen molar-refractivity contribution in [3.63, 3.8) is 0 Å². The van der Waals surface area contributed by atoms with Crippen molar-refractivity contribution < 1.29 is 8.85 Å². The standard InChI is InChI=1S/C18H38O2Si/c1-5-7-9-11-12-13-14-16-18-20-21(3,4)19-17-15-10-8-6-2/h12-13H,5-11,14-18H2,1-4H3/b13-12+. The van der Waals surface area contributed by atoms with Crippen LogP contribution in [0.3, 0.4) is 0 Å². The van der Waals surface area contributed by atoms with Crippen LogP contribution in [0.5, 0.6) is 0 Å². The minimum atomic E-state index is -1.87. The van der Waals surface area contributed by atoms with Crippen LogP contribution in [-0.4, -0.2) is 21.8 Å². The first-order chi connectivity index (χ1) is 10.1. The van der Waals surface area contributed by atoms with Crippen molar-refractivity contribution in [2.24, 2.45) is 0 Å². The smallest absolute Gasteiger partial charge is 0.331 e. The summed E-state index contributed by atoms with van der Waals surface area (Å²) in [4.78, 5) is 0. The van der Waals surface area contributed by atoms with Gasteiger partial charge in [-0.25, -0.2) is 0 Å². The Bertz CT molecular complexity index is 239. The second kappa shape index (κ2) is 14.8. The SMILES string of the molecule is CCCCC/C=C/CCCO[Si](C)(C)OCCCCCC. The van der Waals surface area contributed by atoms with Crippen LogP contribution in [0.2, 0.25) is 13.1 Å². The van der Waals surface area contributed by atoms with Gasteiger partial charge in [-0.05, 0) is 45.2 Å². The van der Waals surface area contributed by atoms with Crippen molar-refractivity contribution in [2.75, 3.05) is 13.2 Å². The van der Waals surface area contributed by atoms with E-state index in [1.807, 2.05) is 0 Å². The number of hydrogen-bond donors (Lipinski definition) is 0.